The van der Waals surface area contributed by atoms with Crippen LogP contribution < -0.4 is 0 Å². The van der Waals surface area contributed by atoms with E-state index in [1.807, 2.05) is 6.92 Å². The van der Waals surface area contributed by atoms with Gasteiger partial charge in [-0.1, -0.05) is 31.1 Å². The van der Waals surface area contributed by atoms with Crippen molar-refractivity contribution in [3.8, 4) is 0 Å². The minimum Gasteiger partial charge on any atom is -0.411 e. The highest BCUT2D eigenvalue weighted by Crippen LogP contribution is 2.29. The van der Waals surface area contributed by atoms with Crippen LogP contribution >= 0.6 is 0 Å². The molecule has 0 aromatic rings. The van der Waals surface area contributed by atoms with Gasteiger partial charge in [0.1, 0.15) is 0 Å². The van der Waals surface area contributed by atoms with E-state index in [1.165, 1.54) is 0 Å². The van der Waals surface area contributed by atoms with Gasteiger partial charge in [0.2, 0.25) is 0 Å². The minimum atomic E-state index is 0.181. The van der Waals surface area contributed by atoms with Gasteiger partial charge in [-0.2, -0.15) is 0 Å². The summed E-state index contributed by atoms with van der Waals surface area (Å²) in [5.41, 5.74) is 1.65. The zero-order chi connectivity index (χ0) is 10.7. The fraction of sp³-hybridized carbons (Fsp3) is 0.800. The third-order valence-electron chi connectivity index (χ3n) is 3.00. The van der Waals surface area contributed by atoms with E-state index in [0.717, 1.165) is 11.4 Å². The highest BCUT2D eigenvalue weighted by atomic mass is 16.4. The summed E-state index contributed by atoms with van der Waals surface area (Å²) in [5.74, 6) is 0.799. The van der Waals surface area contributed by atoms with Gasteiger partial charge in [0.05, 0.1) is 11.4 Å². The Hall–Kier alpha value is -1.06. The average molecular weight is 198 g/mol. The highest BCUT2D eigenvalue weighted by molar-refractivity contribution is 6.00. The molecule has 0 aliphatic heterocycles. The second kappa shape index (κ2) is 4.44. The summed E-state index contributed by atoms with van der Waals surface area (Å²) in [7, 11) is 0. The number of hydrogen-bond acceptors (Lipinski definition) is 4. The first-order valence-corrected chi connectivity index (χ1v) is 5.01. The van der Waals surface area contributed by atoms with Crippen molar-refractivity contribution >= 4 is 11.4 Å². The van der Waals surface area contributed by atoms with Gasteiger partial charge in [0.25, 0.3) is 0 Å². The molecule has 2 atom stereocenters. The number of oxime groups is 2. The molecule has 4 nitrogen and oxygen atoms in total. The summed E-state index contributed by atoms with van der Waals surface area (Å²) in [6, 6.07) is 0. The summed E-state index contributed by atoms with van der Waals surface area (Å²) in [6.07, 6.45) is 1.40. The second-order valence-electron chi connectivity index (χ2n) is 4.34. The van der Waals surface area contributed by atoms with Crippen LogP contribution in [-0.4, -0.2) is 21.8 Å². The molecule has 1 aliphatic carbocycles. The first-order valence-electron chi connectivity index (χ1n) is 5.01. The third-order valence-corrected chi connectivity index (χ3v) is 3.00. The van der Waals surface area contributed by atoms with E-state index >= 15 is 0 Å². The van der Waals surface area contributed by atoms with Crippen LogP contribution in [0, 0.1) is 17.8 Å². The summed E-state index contributed by atoms with van der Waals surface area (Å²) in [4.78, 5) is 0. The van der Waals surface area contributed by atoms with Crippen molar-refractivity contribution in [2.45, 2.75) is 33.6 Å². The van der Waals surface area contributed by atoms with Crippen molar-refractivity contribution in [3.05, 3.63) is 0 Å². The van der Waals surface area contributed by atoms with Crippen molar-refractivity contribution in [2.24, 2.45) is 28.1 Å². The summed E-state index contributed by atoms with van der Waals surface area (Å²) in [5, 5.41) is 24.3. The van der Waals surface area contributed by atoms with E-state index in [4.69, 9.17) is 10.4 Å². The minimum absolute atomic E-state index is 0.181. The number of nitrogens with zero attached hydrogens (tertiary/aromatic N) is 2. The smallest absolute Gasteiger partial charge is 0.0614 e. The molecular formula is C10H18N2O2. The molecule has 0 heterocycles. The second-order valence-corrected chi connectivity index (χ2v) is 4.34. The van der Waals surface area contributed by atoms with E-state index < -0.39 is 0 Å². The molecule has 0 radical (unpaired) electrons. The van der Waals surface area contributed by atoms with E-state index in [-0.39, 0.29) is 11.8 Å². The van der Waals surface area contributed by atoms with Crippen molar-refractivity contribution in [1.29, 1.82) is 0 Å². The highest BCUT2D eigenvalue weighted by Gasteiger charge is 2.31. The molecule has 14 heavy (non-hydrogen) atoms. The van der Waals surface area contributed by atoms with Crippen LogP contribution in [0.2, 0.25) is 0 Å². The molecule has 1 aliphatic rings. The van der Waals surface area contributed by atoms with Crippen molar-refractivity contribution in [3.63, 3.8) is 0 Å². The van der Waals surface area contributed by atoms with Gasteiger partial charge >= 0.3 is 0 Å². The van der Waals surface area contributed by atoms with E-state index in [9.17, 15) is 0 Å². The lowest BCUT2D eigenvalue weighted by Crippen LogP contribution is -2.34. The Morgan fingerprint density at radius 2 is 1.71 bits per heavy atom. The first kappa shape index (κ1) is 11.0. The molecule has 80 valence electrons. The zero-order valence-corrected chi connectivity index (χ0v) is 8.94. The van der Waals surface area contributed by atoms with Gasteiger partial charge < -0.3 is 10.4 Å². The van der Waals surface area contributed by atoms with E-state index in [2.05, 4.69) is 24.2 Å². The molecule has 2 N–H and O–H groups in total. The van der Waals surface area contributed by atoms with Crippen LogP contribution in [0.3, 0.4) is 0 Å². The van der Waals surface area contributed by atoms with Crippen LogP contribution in [0.15, 0.2) is 10.3 Å². The fourth-order valence-corrected chi connectivity index (χ4v) is 2.00. The lowest BCUT2D eigenvalue weighted by atomic mass is 9.75. The number of rotatable bonds is 1. The van der Waals surface area contributed by atoms with Gasteiger partial charge in [-0.05, 0) is 18.8 Å². The summed E-state index contributed by atoms with van der Waals surface area (Å²) in [6.45, 7) is 6.15. The Labute approximate surface area is 84.3 Å². The Balaban J connectivity index is 2.85. The maximum atomic E-state index is 8.87. The van der Waals surface area contributed by atoms with Crippen LogP contribution in [0.25, 0.3) is 0 Å². The molecule has 1 saturated carbocycles. The quantitative estimate of drug-likeness (QED) is 0.501. The molecule has 4 heteroatoms. The van der Waals surface area contributed by atoms with Crippen molar-refractivity contribution in [2.75, 3.05) is 0 Å². The molecular weight excluding hydrogens is 180 g/mol. The van der Waals surface area contributed by atoms with Crippen LogP contribution in [0.4, 0.5) is 0 Å². The molecule has 0 unspecified atom stereocenters. The molecule has 0 spiro atoms. The van der Waals surface area contributed by atoms with Crippen LogP contribution in [0.1, 0.15) is 33.6 Å². The maximum absolute atomic E-state index is 8.87. The lowest BCUT2D eigenvalue weighted by Gasteiger charge is -2.30. The fourth-order valence-electron chi connectivity index (χ4n) is 2.00. The SMILES string of the molecule is CC(C)[C@H]1CC(=NO)[C@H](C)CC1=NO. The summed E-state index contributed by atoms with van der Waals surface area (Å²) < 4.78 is 0. The van der Waals surface area contributed by atoms with Gasteiger partial charge in [-0.25, -0.2) is 0 Å². The van der Waals surface area contributed by atoms with Gasteiger partial charge in [0.15, 0.2) is 0 Å². The van der Waals surface area contributed by atoms with Crippen LogP contribution in [-0.2, 0) is 0 Å². The topological polar surface area (TPSA) is 65.2 Å². The third kappa shape index (κ3) is 2.05. The Kier molecular flexibility index (Phi) is 3.49. The zero-order valence-electron chi connectivity index (χ0n) is 8.94. The Morgan fingerprint density at radius 3 is 2.14 bits per heavy atom. The monoisotopic (exact) mass is 198 g/mol. The van der Waals surface area contributed by atoms with Crippen LogP contribution in [0.5, 0.6) is 0 Å². The molecule has 0 saturated heterocycles. The van der Waals surface area contributed by atoms with E-state index in [1.54, 1.807) is 0 Å². The predicted octanol–water partition coefficient (Wildman–Crippen LogP) is 2.35. The van der Waals surface area contributed by atoms with E-state index in [0.29, 0.717) is 18.8 Å². The van der Waals surface area contributed by atoms with Gasteiger partial charge in [0, 0.05) is 11.8 Å². The first-order chi connectivity index (χ1) is 6.60. The molecule has 0 aromatic heterocycles. The average Bonchev–Trinajstić information content (AvgIpc) is 2.16. The number of hydrogen-bond donors (Lipinski definition) is 2. The maximum Gasteiger partial charge on any atom is 0.0614 e. The molecule has 0 aromatic carbocycles. The molecule has 0 bridgehead atoms. The predicted molar refractivity (Wildman–Crippen MR) is 55.2 cm³/mol. The standard InChI is InChI=1S/C10H18N2O2/c1-6(2)8-5-9(11-13)7(3)4-10(8)12-14/h6-8,13-14H,4-5H2,1-3H3/t7-,8-/m1/s1. The Bertz CT molecular complexity index is 259. The Morgan fingerprint density at radius 1 is 1.14 bits per heavy atom. The normalized spacial score (nSPS) is 34.3. The largest absolute Gasteiger partial charge is 0.411 e. The van der Waals surface area contributed by atoms with Crippen molar-refractivity contribution in [1.82, 2.24) is 0 Å². The molecule has 1 rings (SSSR count). The lowest BCUT2D eigenvalue weighted by molar-refractivity contribution is 0.298. The molecule has 1 fully saturated rings. The van der Waals surface area contributed by atoms with Crippen molar-refractivity contribution < 1.29 is 10.4 Å². The van der Waals surface area contributed by atoms with Gasteiger partial charge in [-0.15, -0.1) is 0 Å². The van der Waals surface area contributed by atoms with Gasteiger partial charge in [-0.3, -0.25) is 0 Å². The molecule has 0 amide bonds. The summed E-state index contributed by atoms with van der Waals surface area (Å²) >= 11 is 0.